The summed E-state index contributed by atoms with van der Waals surface area (Å²) >= 11 is 0. The molecule has 0 spiro atoms. The quantitative estimate of drug-likeness (QED) is 0.876. The predicted octanol–water partition coefficient (Wildman–Crippen LogP) is 3.17. The van der Waals surface area contributed by atoms with Crippen LogP contribution >= 0.6 is 0 Å². The summed E-state index contributed by atoms with van der Waals surface area (Å²) in [6.45, 7) is 6.40. The molecule has 126 valence electrons. The van der Waals surface area contributed by atoms with Gasteiger partial charge < -0.3 is 10.6 Å². The minimum atomic E-state index is -0.538. The first-order chi connectivity index (χ1) is 10.8. The smallest absolute Gasteiger partial charge is 0.227 e. The Balaban J connectivity index is 1.99. The van der Waals surface area contributed by atoms with Gasteiger partial charge in [0.2, 0.25) is 11.8 Å². The summed E-state index contributed by atoms with van der Waals surface area (Å²) in [5.41, 5.74) is 0.273. The van der Waals surface area contributed by atoms with Gasteiger partial charge in [-0.05, 0) is 39.2 Å². The molecule has 0 atom stereocenters. The second-order valence-corrected chi connectivity index (χ2v) is 7.63. The van der Waals surface area contributed by atoms with Crippen molar-refractivity contribution in [1.29, 1.82) is 0 Å². The number of carbonyl (C=O) groups excluding carboxylic acids is 2. The lowest BCUT2D eigenvalue weighted by atomic mass is 9.81. The zero-order valence-corrected chi connectivity index (χ0v) is 14.4. The van der Waals surface area contributed by atoms with E-state index >= 15 is 0 Å². The molecule has 0 radical (unpaired) electrons. The molecule has 0 aliphatic heterocycles. The minimum Gasteiger partial charge on any atom is -0.352 e. The van der Waals surface area contributed by atoms with Crippen LogP contribution in [0, 0.1) is 5.41 Å². The molecule has 1 aromatic rings. The third kappa shape index (κ3) is 5.08. The Morgan fingerprint density at radius 1 is 1.09 bits per heavy atom. The molecule has 4 heteroatoms. The van der Waals surface area contributed by atoms with Gasteiger partial charge in [-0.2, -0.15) is 0 Å². The predicted molar refractivity (Wildman–Crippen MR) is 91.7 cm³/mol. The van der Waals surface area contributed by atoms with E-state index in [2.05, 4.69) is 10.6 Å². The number of hydrogen-bond donors (Lipinski definition) is 2. The van der Waals surface area contributed by atoms with E-state index < -0.39 is 5.41 Å². The summed E-state index contributed by atoms with van der Waals surface area (Å²) in [6.07, 6.45) is 3.91. The molecule has 4 nitrogen and oxygen atoms in total. The van der Waals surface area contributed by atoms with Crippen LogP contribution in [0.4, 0.5) is 0 Å². The highest BCUT2D eigenvalue weighted by Crippen LogP contribution is 2.41. The topological polar surface area (TPSA) is 58.2 Å². The summed E-state index contributed by atoms with van der Waals surface area (Å²) < 4.78 is 0. The van der Waals surface area contributed by atoms with E-state index in [1.165, 1.54) is 0 Å². The van der Waals surface area contributed by atoms with Crippen LogP contribution in [-0.4, -0.2) is 17.4 Å². The lowest BCUT2D eigenvalue weighted by Crippen LogP contribution is -2.46. The normalized spacial score (nSPS) is 16.8. The molecule has 1 saturated carbocycles. The van der Waals surface area contributed by atoms with E-state index in [-0.39, 0.29) is 23.8 Å². The zero-order valence-electron chi connectivity index (χ0n) is 14.4. The SMILES string of the molecule is CC(C)(C)NC(=O)CC1(C(=O)NCc2ccccc2)CCCC1. The molecule has 1 aliphatic rings. The Morgan fingerprint density at radius 3 is 2.26 bits per heavy atom. The first-order valence-electron chi connectivity index (χ1n) is 8.44. The number of benzene rings is 1. The van der Waals surface area contributed by atoms with Crippen molar-refractivity contribution in [2.24, 2.45) is 5.41 Å². The molecule has 0 bridgehead atoms. The maximum atomic E-state index is 12.8. The van der Waals surface area contributed by atoms with Gasteiger partial charge in [0.15, 0.2) is 0 Å². The number of carbonyl (C=O) groups is 2. The fourth-order valence-electron chi connectivity index (χ4n) is 3.27. The van der Waals surface area contributed by atoms with Gasteiger partial charge in [0.05, 0.1) is 5.41 Å². The minimum absolute atomic E-state index is 0.0166. The fourth-order valence-corrected chi connectivity index (χ4v) is 3.27. The average Bonchev–Trinajstić information content (AvgIpc) is 2.93. The molecular weight excluding hydrogens is 288 g/mol. The van der Waals surface area contributed by atoms with Crippen LogP contribution in [0.5, 0.6) is 0 Å². The van der Waals surface area contributed by atoms with Crippen molar-refractivity contribution in [3.63, 3.8) is 0 Å². The van der Waals surface area contributed by atoms with Crippen molar-refractivity contribution in [2.75, 3.05) is 0 Å². The Bertz CT molecular complexity index is 540. The molecule has 1 fully saturated rings. The summed E-state index contributed by atoms with van der Waals surface area (Å²) in [7, 11) is 0. The lowest BCUT2D eigenvalue weighted by Gasteiger charge is -2.29. The molecule has 0 unspecified atom stereocenters. The third-order valence-corrected chi connectivity index (χ3v) is 4.35. The van der Waals surface area contributed by atoms with Crippen LogP contribution in [-0.2, 0) is 16.1 Å². The summed E-state index contributed by atoms with van der Waals surface area (Å²) in [4.78, 5) is 25.1. The second kappa shape index (κ2) is 7.16. The number of hydrogen-bond acceptors (Lipinski definition) is 2. The van der Waals surface area contributed by atoms with E-state index in [1.54, 1.807) is 0 Å². The van der Waals surface area contributed by atoms with E-state index in [4.69, 9.17) is 0 Å². The molecule has 23 heavy (non-hydrogen) atoms. The Labute approximate surface area is 139 Å². The Kier molecular flexibility index (Phi) is 5.45. The molecule has 0 aromatic heterocycles. The number of nitrogens with one attached hydrogen (secondary N) is 2. The van der Waals surface area contributed by atoms with E-state index in [1.807, 2.05) is 51.1 Å². The monoisotopic (exact) mass is 316 g/mol. The highest BCUT2D eigenvalue weighted by Gasteiger charge is 2.43. The van der Waals surface area contributed by atoms with Crippen molar-refractivity contribution in [3.05, 3.63) is 35.9 Å². The van der Waals surface area contributed by atoms with E-state index in [9.17, 15) is 9.59 Å². The van der Waals surface area contributed by atoms with Gasteiger partial charge in [-0.15, -0.1) is 0 Å². The molecule has 0 saturated heterocycles. The maximum Gasteiger partial charge on any atom is 0.227 e. The Hall–Kier alpha value is -1.84. The van der Waals surface area contributed by atoms with Gasteiger partial charge in [-0.25, -0.2) is 0 Å². The standard InChI is InChI=1S/C19H28N2O2/c1-18(2,3)21-16(22)13-19(11-7-8-12-19)17(23)20-14-15-9-5-4-6-10-15/h4-6,9-10H,7-8,11-14H2,1-3H3,(H,20,23)(H,21,22). The molecule has 1 aromatic carbocycles. The van der Waals surface area contributed by atoms with Crippen LogP contribution in [0.2, 0.25) is 0 Å². The fraction of sp³-hybridized carbons (Fsp3) is 0.579. The molecular formula is C19H28N2O2. The first-order valence-corrected chi connectivity index (χ1v) is 8.44. The number of amides is 2. The molecule has 1 aliphatic carbocycles. The average molecular weight is 316 g/mol. The summed E-state index contributed by atoms with van der Waals surface area (Å²) in [5, 5.41) is 6.01. The first kappa shape index (κ1) is 17.5. The van der Waals surface area contributed by atoms with E-state index in [0.717, 1.165) is 31.2 Å². The van der Waals surface area contributed by atoms with Gasteiger partial charge in [-0.1, -0.05) is 43.2 Å². The third-order valence-electron chi connectivity index (χ3n) is 4.35. The van der Waals surface area contributed by atoms with E-state index in [0.29, 0.717) is 6.54 Å². The summed E-state index contributed by atoms with van der Waals surface area (Å²) in [6, 6.07) is 9.87. The largest absolute Gasteiger partial charge is 0.352 e. The molecule has 2 N–H and O–H groups in total. The molecule has 2 rings (SSSR count). The van der Waals surface area contributed by atoms with Gasteiger partial charge >= 0.3 is 0 Å². The van der Waals surface area contributed by atoms with Gasteiger partial charge in [0, 0.05) is 18.5 Å². The number of rotatable bonds is 5. The molecule has 0 heterocycles. The van der Waals surface area contributed by atoms with Crippen LogP contribution in [0.3, 0.4) is 0 Å². The van der Waals surface area contributed by atoms with Crippen molar-refractivity contribution in [3.8, 4) is 0 Å². The van der Waals surface area contributed by atoms with Crippen LogP contribution < -0.4 is 10.6 Å². The summed E-state index contributed by atoms with van der Waals surface area (Å²) in [5.74, 6) is -0.0165. The highest BCUT2D eigenvalue weighted by atomic mass is 16.2. The van der Waals surface area contributed by atoms with Gasteiger partial charge in [0.1, 0.15) is 0 Å². The Morgan fingerprint density at radius 2 is 1.70 bits per heavy atom. The maximum absolute atomic E-state index is 12.8. The van der Waals surface area contributed by atoms with Crippen molar-refractivity contribution >= 4 is 11.8 Å². The van der Waals surface area contributed by atoms with Crippen molar-refractivity contribution in [1.82, 2.24) is 10.6 Å². The lowest BCUT2D eigenvalue weighted by molar-refractivity contribution is -0.137. The van der Waals surface area contributed by atoms with Gasteiger partial charge in [-0.3, -0.25) is 9.59 Å². The molecule has 2 amide bonds. The van der Waals surface area contributed by atoms with Crippen LogP contribution in [0.25, 0.3) is 0 Å². The zero-order chi connectivity index (χ0) is 16.9. The van der Waals surface area contributed by atoms with Gasteiger partial charge in [0.25, 0.3) is 0 Å². The highest BCUT2D eigenvalue weighted by molar-refractivity contribution is 5.89. The van der Waals surface area contributed by atoms with Crippen molar-refractivity contribution in [2.45, 2.75) is 65.0 Å². The second-order valence-electron chi connectivity index (χ2n) is 7.63. The van der Waals surface area contributed by atoms with Crippen LogP contribution in [0.15, 0.2) is 30.3 Å². The van der Waals surface area contributed by atoms with Crippen LogP contribution in [0.1, 0.15) is 58.4 Å². The van der Waals surface area contributed by atoms with Crippen molar-refractivity contribution < 1.29 is 9.59 Å².